The second-order valence-corrected chi connectivity index (χ2v) is 7.54. The average molecular weight is 454 g/mol. The normalized spacial score (nSPS) is 14.9. The molecule has 0 aromatic heterocycles. The maximum Gasteiger partial charge on any atom is 0.305 e. The quantitative estimate of drug-likeness (QED) is 0.272. The largest absolute Gasteiger partial charge is 0.481 e. The molecular formula is C23H26N4O6. The van der Waals surface area contributed by atoms with E-state index in [2.05, 4.69) is 10.6 Å². The summed E-state index contributed by atoms with van der Waals surface area (Å²) in [7, 11) is 0. The van der Waals surface area contributed by atoms with Crippen LogP contribution in [0.1, 0.15) is 49.8 Å². The predicted octanol–water partition coefficient (Wildman–Crippen LogP) is 2.53. The van der Waals surface area contributed by atoms with Crippen molar-refractivity contribution in [2.24, 2.45) is 5.73 Å². The molecule has 0 bridgehead atoms. The number of benzene rings is 2. The number of amides is 2. The number of carboxylic acids is 1. The number of carbonyl (C=O) groups excluding carboxylic acids is 2. The highest BCUT2D eigenvalue weighted by atomic mass is 16.7. The smallest absolute Gasteiger partial charge is 0.305 e. The lowest BCUT2D eigenvalue weighted by molar-refractivity contribution is -0.138. The number of fused-ring (bicyclic) bond motifs is 1. The fraction of sp³-hybridized carbons (Fsp3) is 0.304. The van der Waals surface area contributed by atoms with E-state index < -0.39 is 17.9 Å². The van der Waals surface area contributed by atoms with E-state index in [1.54, 1.807) is 42.5 Å². The first-order chi connectivity index (χ1) is 15.7. The fourth-order valence-corrected chi connectivity index (χ4v) is 3.28. The molecule has 10 heteroatoms. The lowest BCUT2D eigenvalue weighted by Crippen LogP contribution is -2.30. The molecule has 1 aliphatic rings. The Hall–Kier alpha value is -4.08. The maximum atomic E-state index is 12.4. The standard InChI is InChI=1S/C23H26N4O6/c1-2-22-32-17-8-5-14(11-18(17)33-22)16(12-21(30)31)27-20(29)10-9-19(28)26-15-6-3-13(4-7-15)23(24)25/h3-8,11,16,22H,2,9-10,12H2,1H3,(H3,24,25)(H,26,28)(H,27,29)(H,30,31). The molecule has 2 amide bonds. The van der Waals surface area contributed by atoms with Crippen LogP contribution in [0.3, 0.4) is 0 Å². The molecule has 2 atom stereocenters. The molecule has 33 heavy (non-hydrogen) atoms. The van der Waals surface area contributed by atoms with Gasteiger partial charge in [0.1, 0.15) is 5.84 Å². The second-order valence-electron chi connectivity index (χ2n) is 7.54. The number of ether oxygens (including phenoxy) is 2. The first kappa shape index (κ1) is 23.6. The van der Waals surface area contributed by atoms with Crippen molar-refractivity contribution in [3.05, 3.63) is 53.6 Å². The van der Waals surface area contributed by atoms with Crippen LogP contribution in [0.4, 0.5) is 5.69 Å². The van der Waals surface area contributed by atoms with Crippen LogP contribution in [0.15, 0.2) is 42.5 Å². The third-order valence-electron chi connectivity index (χ3n) is 4.99. The van der Waals surface area contributed by atoms with Gasteiger partial charge in [0.15, 0.2) is 11.5 Å². The van der Waals surface area contributed by atoms with E-state index >= 15 is 0 Å². The van der Waals surface area contributed by atoms with Gasteiger partial charge in [0, 0.05) is 30.5 Å². The Morgan fingerprint density at radius 3 is 2.36 bits per heavy atom. The predicted molar refractivity (Wildman–Crippen MR) is 120 cm³/mol. The minimum Gasteiger partial charge on any atom is -0.481 e. The van der Waals surface area contributed by atoms with E-state index in [-0.39, 0.29) is 37.3 Å². The molecule has 6 N–H and O–H groups in total. The minimum absolute atomic E-state index is 0.0758. The Balaban J connectivity index is 1.56. The van der Waals surface area contributed by atoms with Crippen molar-refractivity contribution in [2.45, 2.75) is 44.9 Å². The number of rotatable bonds is 10. The van der Waals surface area contributed by atoms with Gasteiger partial charge in [0.25, 0.3) is 0 Å². The zero-order valence-electron chi connectivity index (χ0n) is 18.1. The van der Waals surface area contributed by atoms with Crippen LogP contribution >= 0.6 is 0 Å². The third kappa shape index (κ3) is 6.45. The topological polar surface area (TPSA) is 164 Å². The van der Waals surface area contributed by atoms with Gasteiger partial charge in [-0.2, -0.15) is 0 Å². The molecule has 2 aromatic carbocycles. The van der Waals surface area contributed by atoms with Gasteiger partial charge in [-0.15, -0.1) is 0 Å². The first-order valence-electron chi connectivity index (χ1n) is 10.5. The van der Waals surface area contributed by atoms with Crippen molar-refractivity contribution in [1.29, 1.82) is 5.41 Å². The summed E-state index contributed by atoms with van der Waals surface area (Å²) < 4.78 is 11.3. The molecular weight excluding hydrogens is 428 g/mol. The fourth-order valence-electron chi connectivity index (χ4n) is 3.28. The number of anilines is 1. The SMILES string of the molecule is CCC1Oc2ccc(C(CC(=O)O)NC(=O)CCC(=O)Nc3ccc(C(=N)N)cc3)cc2O1. The molecule has 1 heterocycles. The van der Waals surface area contributed by atoms with Crippen molar-refractivity contribution in [1.82, 2.24) is 5.32 Å². The molecule has 2 aromatic rings. The van der Waals surface area contributed by atoms with Gasteiger partial charge in [0.2, 0.25) is 18.1 Å². The summed E-state index contributed by atoms with van der Waals surface area (Å²) in [5.41, 5.74) is 7.01. The number of carbonyl (C=O) groups is 3. The van der Waals surface area contributed by atoms with Crippen LogP contribution < -0.4 is 25.8 Å². The van der Waals surface area contributed by atoms with Crippen LogP contribution in [0, 0.1) is 5.41 Å². The number of nitrogens with two attached hydrogens (primary N) is 1. The Labute approximate surface area is 190 Å². The molecule has 0 spiro atoms. The summed E-state index contributed by atoms with van der Waals surface area (Å²) in [6, 6.07) is 10.7. The van der Waals surface area contributed by atoms with Crippen LogP contribution in [-0.2, 0) is 14.4 Å². The van der Waals surface area contributed by atoms with E-state index in [0.29, 0.717) is 34.7 Å². The summed E-state index contributed by atoms with van der Waals surface area (Å²) in [6.45, 7) is 1.92. The molecule has 3 rings (SSSR count). The first-order valence-corrected chi connectivity index (χ1v) is 10.5. The summed E-state index contributed by atoms with van der Waals surface area (Å²) in [5, 5.41) is 22.0. The Bertz CT molecular complexity index is 1050. The Morgan fingerprint density at radius 2 is 1.73 bits per heavy atom. The molecule has 0 radical (unpaired) electrons. The van der Waals surface area contributed by atoms with Gasteiger partial charge in [-0.25, -0.2) is 0 Å². The monoisotopic (exact) mass is 454 g/mol. The maximum absolute atomic E-state index is 12.4. The van der Waals surface area contributed by atoms with Crippen LogP contribution in [0.5, 0.6) is 11.5 Å². The zero-order chi connectivity index (χ0) is 24.0. The number of carboxylic acid groups (broad SMARTS) is 1. The van der Waals surface area contributed by atoms with Crippen LogP contribution in [0.2, 0.25) is 0 Å². The minimum atomic E-state index is -1.07. The van der Waals surface area contributed by atoms with Crippen molar-refractivity contribution in [3.63, 3.8) is 0 Å². The number of amidine groups is 1. The lowest BCUT2D eigenvalue weighted by atomic mass is 10.0. The van der Waals surface area contributed by atoms with Gasteiger partial charge in [-0.05, 0) is 42.0 Å². The van der Waals surface area contributed by atoms with Crippen molar-refractivity contribution in [2.75, 3.05) is 5.32 Å². The molecule has 1 aliphatic heterocycles. The Morgan fingerprint density at radius 1 is 1.06 bits per heavy atom. The molecule has 0 saturated heterocycles. The van der Waals surface area contributed by atoms with E-state index in [1.165, 1.54) is 0 Å². The highest BCUT2D eigenvalue weighted by molar-refractivity contribution is 5.96. The summed E-state index contributed by atoms with van der Waals surface area (Å²) in [4.78, 5) is 36.0. The highest BCUT2D eigenvalue weighted by Crippen LogP contribution is 2.37. The van der Waals surface area contributed by atoms with Gasteiger partial charge >= 0.3 is 5.97 Å². The van der Waals surface area contributed by atoms with E-state index in [1.807, 2.05) is 6.92 Å². The summed E-state index contributed by atoms with van der Waals surface area (Å²) in [5.74, 6) is -0.904. The van der Waals surface area contributed by atoms with Crippen LogP contribution in [-0.4, -0.2) is 35.0 Å². The van der Waals surface area contributed by atoms with Crippen molar-refractivity contribution >= 4 is 29.3 Å². The molecule has 0 aliphatic carbocycles. The number of hydrogen-bond donors (Lipinski definition) is 5. The van der Waals surface area contributed by atoms with Gasteiger partial charge < -0.3 is 30.9 Å². The molecule has 0 fully saturated rings. The van der Waals surface area contributed by atoms with Gasteiger partial charge in [0.05, 0.1) is 12.5 Å². The number of aliphatic carboxylic acids is 1. The van der Waals surface area contributed by atoms with E-state index in [0.717, 1.165) is 0 Å². The number of nitrogen functional groups attached to an aromatic ring is 1. The lowest BCUT2D eigenvalue weighted by Gasteiger charge is -2.18. The van der Waals surface area contributed by atoms with Crippen LogP contribution in [0.25, 0.3) is 0 Å². The molecule has 10 nitrogen and oxygen atoms in total. The molecule has 174 valence electrons. The zero-order valence-corrected chi connectivity index (χ0v) is 18.1. The third-order valence-corrected chi connectivity index (χ3v) is 4.99. The number of hydrogen-bond acceptors (Lipinski definition) is 6. The summed E-state index contributed by atoms with van der Waals surface area (Å²) in [6.07, 6.45) is -0.255. The van der Waals surface area contributed by atoms with Gasteiger partial charge in [-0.1, -0.05) is 13.0 Å². The highest BCUT2D eigenvalue weighted by Gasteiger charge is 2.25. The second kappa shape index (κ2) is 10.5. The van der Waals surface area contributed by atoms with E-state index in [9.17, 15) is 19.5 Å². The van der Waals surface area contributed by atoms with Gasteiger partial charge in [-0.3, -0.25) is 19.8 Å². The molecule has 0 saturated carbocycles. The Kier molecular flexibility index (Phi) is 7.50. The summed E-state index contributed by atoms with van der Waals surface area (Å²) >= 11 is 0. The molecule has 2 unspecified atom stereocenters. The number of nitrogens with one attached hydrogen (secondary N) is 3. The average Bonchev–Trinajstić information content (AvgIpc) is 3.20. The van der Waals surface area contributed by atoms with E-state index in [4.69, 9.17) is 20.6 Å². The van der Waals surface area contributed by atoms with Crippen molar-refractivity contribution in [3.8, 4) is 11.5 Å². The van der Waals surface area contributed by atoms with Crippen molar-refractivity contribution < 1.29 is 29.0 Å².